The Balaban J connectivity index is 1.99. The molecule has 0 fully saturated rings. The molecule has 1 atom stereocenters. The number of amidine groups is 1. The summed E-state index contributed by atoms with van der Waals surface area (Å²) in [5.74, 6) is -5.05. The third-order valence-electron chi connectivity index (χ3n) is 4.16. The first kappa shape index (κ1) is 17.8. The molecular weight excluding hydrogens is 353 g/mol. The first-order valence-electron chi connectivity index (χ1n) is 7.52. The number of hydrogen-bond acceptors (Lipinski definition) is 6. The number of nitrogens with two attached hydrogens (primary N) is 1. The van der Waals surface area contributed by atoms with Crippen molar-refractivity contribution >= 4 is 17.6 Å². The Morgan fingerprint density at radius 2 is 2.12 bits per heavy atom. The molecule has 0 bridgehead atoms. The van der Waals surface area contributed by atoms with Gasteiger partial charge in [-0.1, -0.05) is 5.16 Å². The zero-order chi connectivity index (χ0) is 19.1. The number of ether oxygens (including phenoxy) is 1. The van der Waals surface area contributed by atoms with Crippen LogP contribution in [-0.4, -0.2) is 29.6 Å². The highest BCUT2D eigenvalue weighted by atomic mass is 19.3. The lowest BCUT2D eigenvalue weighted by atomic mass is 9.85. The summed E-state index contributed by atoms with van der Waals surface area (Å²) >= 11 is 0. The maximum Gasteiger partial charge on any atom is 0.310 e. The Morgan fingerprint density at radius 1 is 1.38 bits per heavy atom. The molecule has 0 radical (unpaired) electrons. The van der Waals surface area contributed by atoms with Gasteiger partial charge in [0.1, 0.15) is 12.1 Å². The molecule has 1 aromatic carbocycles. The number of aromatic nitrogens is 1. The van der Waals surface area contributed by atoms with Crippen LogP contribution in [0.1, 0.15) is 28.5 Å². The molecular formula is C16H15F3N4O3. The van der Waals surface area contributed by atoms with E-state index in [9.17, 15) is 18.0 Å². The van der Waals surface area contributed by atoms with E-state index in [0.29, 0.717) is 5.56 Å². The quantitative estimate of drug-likeness (QED) is 0.867. The zero-order valence-electron chi connectivity index (χ0n) is 13.8. The van der Waals surface area contributed by atoms with E-state index in [0.717, 1.165) is 19.1 Å². The van der Waals surface area contributed by atoms with E-state index in [1.165, 1.54) is 12.3 Å². The number of aliphatic imine (C=N–C) groups is 1. The molecule has 0 aliphatic carbocycles. The van der Waals surface area contributed by atoms with Crippen LogP contribution in [0.2, 0.25) is 0 Å². The summed E-state index contributed by atoms with van der Waals surface area (Å²) in [5, 5.41) is 6.02. The fourth-order valence-corrected chi connectivity index (χ4v) is 2.57. The van der Waals surface area contributed by atoms with E-state index >= 15 is 0 Å². The van der Waals surface area contributed by atoms with Gasteiger partial charge >= 0.3 is 5.92 Å². The van der Waals surface area contributed by atoms with E-state index in [4.69, 9.17) is 5.73 Å². The van der Waals surface area contributed by atoms with Crippen LogP contribution >= 0.6 is 0 Å². The number of amides is 1. The standard InChI is InChI=1S/C16H15F3N4O3/c1-8-6-26-23-12(8)13(24)21-9-3-4-11(17)10(5-9)15(2)16(18,19)7-25-14(20)22-15/h3-6H,7H2,1-2H3,(H2,20,22)(H,21,24)/t15-/m1/s1. The topological polar surface area (TPSA) is 103 Å². The van der Waals surface area contributed by atoms with Crippen molar-refractivity contribution in [2.75, 3.05) is 11.9 Å². The van der Waals surface area contributed by atoms with Crippen molar-refractivity contribution in [1.29, 1.82) is 0 Å². The molecule has 1 aliphatic heterocycles. The number of carbonyl (C=O) groups excluding carboxylic acids is 1. The summed E-state index contributed by atoms with van der Waals surface area (Å²) in [7, 11) is 0. The average Bonchev–Trinajstić information content (AvgIpc) is 2.99. The minimum absolute atomic E-state index is 0.0285. The highest BCUT2D eigenvalue weighted by Gasteiger charge is 2.56. The van der Waals surface area contributed by atoms with E-state index in [1.54, 1.807) is 6.92 Å². The summed E-state index contributed by atoms with van der Waals surface area (Å²) in [6, 6.07) is 2.81. The van der Waals surface area contributed by atoms with Crippen LogP contribution in [0.4, 0.5) is 18.9 Å². The third-order valence-corrected chi connectivity index (χ3v) is 4.16. The van der Waals surface area contributed by atoms with Crippen LogP contribution in [-0.2, 0) is 10.3 Å². The minimum atomic E-state index is -3.51. The van der Waals surface area contributed by atoms with Gasteiger partial charge in [-0.15, -0.1) is 0 Å². The van der Waals surface area contributed by atoms with E-state index < -0.39 is 41.4 Å². The Bertz CT molecular complexity index is 897. The number of alkyl halides is 2. The molecule has 1 aromatic heterocycles. The van der Waals surface area contributed by atoms with Gasteiger partial charge in [-0.05, 0) is 32.0 Å². The van der Waals surface area contributed by atoms with Gasteiger partial charge < -0.3 is 20.3 Å². The molecule has 1 amide bonds. The second-order valence-electron chi connectivity index (χ2n) is 6.01. The van der Waals surface area contributed by atoms with E-state index in [1.807, 2.05) is 0 Å². The predicted octanol–water partition coefficient (Wildman–Crippen LogP) is 2.57. The predicted molar refractivity (Wildman–Crippen MR) is 85.5 cm³/mol. The molecule has 0 unspecified atom stereocenters. The van der Waals surface area contributed by atoms with Crippen LogP contribution in [0.15, 0.2) is 34.0 Å². The zero-order valence-corrected chi connectivity index (χ0v) is 13.8. The molecule has 0 spiro atoms. The Hall–Kier alpha value is -3.04. The van der Waals surface area contributed by atoms with Crippen molar-refractivity contribution in [3.8, 4) is 0 Å². The Morgan fingerprint density at radius 3 is 2.77 bits per heavy atom. The smallest absolute Gasteiger partial charge is 0.310 e. The largest absolute Gasteiger partial charge is 0.459 e. The number of benzene rings is 1. The van der Waals surface area contributed by atoms with Crippen LogP contribution in [0.5, 0.6) is 0 Å². The summed E-state index contributed by atoms with van der Waals surface area (Å²) in [4.78, 5) is 15.8. The molecule has 10 heteroatoms. The normalized spacial score (nSPS) is 21.7. The minimum Gasteiger partial charge on any atom is -0.459 e. The van der Waals surface area contributed by atoms with Gasteiger partial charge in [0.15, 0.2) is 17.8 Å². The van der Waals surface area contributed by atoms with E-state index in [2.05, 4.69) is 24.7 Å². The Labute approximate surface area is 146 Å². The number of halogens is 3. The van der Waals surface area contributed by atoms with Gasteiger partial charge in [-0.3, -0.25) is 4.79 Å². The van der Waals surface area contributed by atoms with Gasteiger partial charge in [-0.2, -0.15) is 8.78 Å². The van der Waals surface area contributed by atoms with Gasteiger partial charge in [0.25, 0.3) is 11.9 Å². The maximum absolute atomic E-state index is 14.4. The van der Waals surface area contributed by atoms with Gasteiger partial charge in [-0.25, -0.2) is 9.38 Å². The van der Waals surface area contributed by atoms with Crippen molar-refractivity contribution in [2.24, 2.45) is 10.7 Å². The number of rotatable bonds is 3. The Kier molecular flexibility index (Phi) is 4.13. The first-order chi connectivity index (χ1) is 12.1. The average molecular weight is 368 g/mol. The van der Waals surface area contributed by atoms with Gasteiger partial charge in [0.05, 0.1) is 0 Å². The van der Waals surface area contributed by atoms with Crippen LogP contribution in [0.3, 0.4) is 0 Å². The molecule has 0 saturated heterocycles. The van der Waals surface area contributed by atoms with Crippen LogP contribution < -0.4 is 11.1 Å². The maximum atomic E-state index is 14.4. The van der Waals surface area contributed by atoms with Crippen LogP contribution in [0.25, 0.3) is 0 Å². The molecule has 138 valence electrons. The van der Waals surface area contributed by atoms with Crippen LogP contribution in [0, 0.1) is 12.7 Å². The molecule has 3 N–H and O–H groups in total. The number of nitrogens with one attached hydrogen (secondary N) is 1. The summed E-state index contributed by atoms with van der Waals surface area (Å²) in [5.41, 5.74) is 3.30. The number of carbonyl (C=O) groups is 1. The second-order valence-corrected chi connectivity index (χ2v) is 6.01. The fraction of sp³-hybridized carbons (Fsp3) is 0.312. The number of nitrogens with zero attached hydrogens (tertiary/aromatic N) is 2. The van der Waals surface area contributed by atoms with E-state index in [-0.39, 0.29) is 11.4 Å². The fourth-order valence-electron chi connectivity index (χ4n) is 2.57. The van der Waals surface area contributed by atoms with Crippen molar-refractivity contribution in [3.63, 3.8) is 0 Å². The first-order valence-corrected chi connectivity index (χ1v) is 7.52. The third kappa shape index (κ3) is 2.87. The lowest BCUT2D eigenvalue weighted by molar-refractivity contribution is -0.117. The molecule has 2 aromatic rings. The van der Waals surface area contributed by atoms with Crippen molar-refractivity contribution < 1.29 is 27.2 Å². The van der Waals surface area contributed by atoms with Crippen molar-refractivity contribution in [2.45, 2.75) is 25.3 Å². The monoisotopic (exact) mass is 368 g/mol. The van der Waals surface area contributed by atoms with Gasteiger partial charge in [0, 0.05) is 16.8 Å². The highest BCUT2D eigenvalue weighted by Crippen LogP contribution is 2.44. The van der Waals surface area contributed by atoms with Crippen molar-refractivity contribution in [1.82, 2.24) is 5.16 Å². The molecule has 1 aliphatic rings. The number of hydrogen-bond donors (Lipinski definition) is 2. The summed E-state index contributed by atoms with van der Waals surface area (Å²) in [6.07, 6.45) is 1.28. The van der Waals surface area contributed by atoms with Gasteiger partial charge in [0.2, 0.25) is 0 Å². The highest BCUT2D eigenvalue weighted by molar-refractivity contribution is 6.03. The molecule has 3 rings (SSSR count). The SMILES string of the molecule is Cc1conc1C(=O)Nc1ccc(F)c([C@@]2(C)N=C(N)OCC2(F)F)c1. The molecule has 26 heavy (non-hydrogen) atoms. The lowest BCUT2D eigenvalue weighted by Crippen LogP contribution is -2.51. The molecule has 7 nitrogen and oxygen atoms in total. The second kappa shape index (κ2) is 6.04. The lowest BCUT2D eigenvalue weighted by Gasteiger charge is -2.37. The molecule has 0 saturated carbocycles. The van der Waals surface area contributed by atoms with Crippen molar-refractivity contribution in [3.05, 3.63) is 47.1 Å². The number of anilines is 1. The summed E-state index contributed by atoms with van der Waals surface area (Å²) < 4.78 is 52.4. The number of aryl methyl sites for hydroxylation is 1. The molecule has 2 heterocycles. The summed E-state index contributed by atoms with van der Waals surface area (Å²) in [6.45, 7) is 1.63.